The Hall–Kier alpha value is -2.02. The Morgan fingerprint density at radius 3 is 2.56 bits per heavy atom. The third-order valence-corrected chi connectivity index (χ3v) is 2.00. The number of aliphatic carboxylic acids is 1. The number of amides is 1. The van der Waals surface area contributed by atoms with Crippen molar-refractivity contribution in [3.8, 4) is 0 Å². The van der Waals surface area contributed by atoms with Crippen molar-refractivity contribution in [2.75, 3.05) is 18.4 Å². The number of halogens is 2. The number of hydrogen-bond acceptors (Lipinski definition) is 3. The molecule has 0 aliphatic heterocycles. The number of anilines is 1. The van der Waals surface area contributed by atoms with Gasteiger partial charge in [-0.2, -0.15) is 0 Å². The van der Waals surface area contributed by atoms with Gasteiger partial charge in [-0.15, -0.1) is 0 Å². The summed E-state index contributed by atoms with van der Waals surface area (Å²) in [4.78, 5) is 21.5. The Kier molecular flexibility index (Phi) is 5.19. The molecule has 0 aliphatic rings. The first kappa shape index (κ1) is 14.0. The molecule has 0 heterocycles. The summed E-state index contributed by atoms with van der Waals surface area (Å²) in [6.07, 6.45) is -0.0988. The molecule has 0 unspecified atom stereocenters. The van der Waals surface area contributed by atoms with E-state index in [0.717, 1.165) is 12.1 Å². The van der Waals surface area contributed by atoms with E-state index in [-0.39, 0.29) is 25.2 Å². The molecule has 0 aliphatic carbocycles. The van der Waals surface area contributed by atoms with E-state index in [1.807, 2.05) is 0 Å². The zero-order valence-corrected chi connectivity index (χ0v) is 9.37. The Bertz CT molecular complexity index is 452. The highest BCUT2D eigenvalue weighted by Crippen LogP contribution is 2.12. The van der Waals surface area contributed by atoms with Crippen LogP contribution in [0.25, 0.3) is 0 Å². The van der Waals surface area contributed by atoms with E-state index in [4.69, 9.17) is 5.11 Å². The molecule has 0 radical (unpaired) electrons. The van der Waals surface area contributed by atoms with Crippen molar-refractivity contribution < 1.29 is 23.5 Å². The summed E-state index contributed by atoms with van der Waals surface area (Å²) in [6.45, 7) is 0.0484. The molecule has 0 fully saturated rings. The molecule has 0 aromatic heterocycles. The van der Waals surface area contributed by atoms with Crippen LogP contribution in [0.3, 0.4) is 0 Å². The molecule has 0 saturated carbocycles. The third-order valence-electron chi connectivity index (χ3n) is 2.00. The van der Waals surface area contributed by atoms with Gasteiger partial charge in [0.25, 0.3) is 0 Å². The molecule has 3 N–H and O–H groups in total. The second-order valence-corrected chi connectivity index (χ2v) is 3.50. The molecule has 0 spiro atoms. The molecular weight excluding hydrogens is 246 g/mol. The van der Waals surface area contributed by atoms with Crippen LogP contribution >= 0.6 is 0 Å². The number of rotatable bonds is 6. The van der Waals surface area contributed by atoms with Gasteiger partial charge in [0.15, 0.2) is 11.6 Å². The van der Waals surface area contributed by atoms with Crippen molar-refractivity contribution in [1.82, 2.24) is 5.32 Å². The third kappa shape index (κ3) is 4.88. The minimum Gasteiger partial charge on any atom is -0.481 e. The first-order valence-corrected chi connectivity index (χ1v) is 5.16. The monoisotopic (exact) mass is 258 g/mol. The SMILES string of the molecule is O=C(O)CCNCC(=O)Nc1ccc(F)c(F)c1. The smallest absolute Gasteiger partial charge is 0.304 e. The zero-order chi connectivity index (χ0) is 13.5. The number of carboxylic acids is 1. The van der Waals surface area contributed by atoms with Crippen LogP contribution in [0.4, 0.5) is 14.5 Å². The van der Waals surface area contributed by atoms with Gasteiger partial charge in [0.1, 0.15) is 0 Å². The summed E-state index contributed by atoms with van der Waals surface area (Å²) in [5, 5.41) is 13.3. The summed E-state index contributed by atoms with van der Waals surface area (Å²) < 4.78 is 25.4. The normalized spacial score (nSPS) is 10.1. The number of carboxylic acid groups (broad SMARTS) is 1. The highest BCUT2D eigenvalue weighted by molar-refractivity contribution is 5.92. The van der Waals surface area contributed by atoms with Crippen LogP contribution < -0.4 is 10.6 Å². The van der Waals surface area contributed by atoms with Crippen LogP contribution in [0.15, 0.2) is 18.2 Å². The quantitative estimate of drug-likeness (QED) is 0.664. The van der Waals surface area contributed by atoms with Gasteiger partial charge in [-0.05, 0) is 12.1 Å². The van der Waals surface area contributed by atoms with E-state index in [9.17, 15) is 18.4 Å². The molecule has 1 aromatic carbocycles. The van der Waals surface area contributed by atoms with Gasteiger partial charge in [-0.3, -0.25) is 9.59 Å². The highest BCUT2D eigenvalue weighted by atomic mass is 19.2. The summed E-state index contributed by atoms with van der Waals surface area (Å²) in [7, 11) is 0. The molecule has 0 saturated heterocycles. The molecule has 1 amide bonds. The lowest BCUT2D eigenvalue weighted by Gasteiger charge is -2.06. The first-order chi connectivity index (χ1) is 8.49. The maximum atomic E-state index is 12.8. The summed E-state index contributed by atoms with van der Waals surface area (Å²) in [5.74, 6) is -3.48. The van der Waals surface area contributed by atoms with Crippen LogP contribution in [0.1, 0.15) is 6.42 Å². The van der Waals surface area contributed by atoms with Crippen molar-refractivity contribution in [2.45, 2.75) is 6.42 Å². The van der Waals surface area contributed by atoms with Gasteiger partial charge < -0.3 is 15.7 Å². The standard InChI is InChI=1S/C11H12F2N2O3/c12-8-2-1-7(5-9(8)13)15-10(16)6-14-4-3-11(17)18/h1-2,5,14H,3-4,6H2,(H,15,16)(H,17,18). The second-order valence-electron chi connectivity index (χ2n) is 3.50. The van der Waals surface area contributed by atoms with Crippen molar-refractivity contribution in [3.05, 3.63) is 29.8 Å². The molecule has 5 nitrogen and oxygen atoms in total. The van der Waals surface area contributed by atoms with Gasteiger partial charge >= 0.3 is 5.97 Å². The topological polar surface area (TPSA) is 78.4 Å². The lowest BCUT2D eigenvalue weighted by molar-refractivity contribution is -0.137. The summed E-state index contributed by atoms with van der Waals surface area (Å²) in [5.41, 5.74) is 0.138. The molecule has 0 atom stereocenters. The fraction of sp³-hybridized carbons (Fsp3) is 0.273. The Labute approximate surface area is 102 Å². The number of carbonyl (C=O) groups is 2. The zero-order valence-electron chi connectivity index (χ0n) is 9.37. The van der Waals surface area contributed by atoms with Crippen molar-refractivity contribution >= 4 is 17.6 Å². The maximum Gasteiger partial charge on any atom is 0.304 e. The van der Waals surface area contributed by atoms with Gasteiger partial charge in [0.2, 0.25) is 5.91 Å². The van der Waals surface area contributed by atoms with Gasteiger partial charge in [-0.1, -0.05) is 0 Å². The predicted octanol–water partition coefficient (Wildman–Crippen LogP) is 0.968. The molecule has 98 valence electrons. The largest absolute Gasteiger partial charge is 0.481 e. The van der Waals surface area contributed by atoms with Crippen LogP contribution in [-0.4, -0.2) is 30.1 Å². The molecule has 7 heteroatoms. The van der Waals surface area contributed by atoms with E-state index in [1.165, 1.54) is 6.07 Å². The Morgan fingerprint density at radius 2 is 1.94 bits per heavy atom. The summed E-state index contributed by atoms with van der Waals surface area (Å²) >= 11 is 0. The predicted molar refractivity (Wildman–Crippen MR) is 60.1 cm³/mol. The molecule has 1 rings (SSSR count). The number of benzene rings is 1. The Balaban J connectivity index is 2.35. The minimum absolute atomic E-state index is 0.0988. The lowest BCUT2D eigenvalue weighted by Crippen LogP contribution is -2.29. The van der Waals surface area contributed by atoms with E-state index >= 15 is 0 Å². The van der Waals surface area contributed by atoms with Gasteiger partial charge in [-0.25, -0.2) is 8.78 Å². The first-order valence-electron chi connectivity index (χ1n) is 5.16. The average molecular weight is 258 g/mol. The lowest BCUT2D eigenvalue weighted by atomic mass is 10.3. The van der Waals surface area contributed by atoms with Crippen molar-refractivity contribution in [3.63, 3.8) is 0 Å². The van der Waals surface area contributed by atoms with Crippen LogP contribution in [0.5, 0.6) is 0 Å². The van der Waals surface area contributed by atoms with E-state index in [2.05, 4.69) is 10.6 Å². The van der Waals surface area contributed by atoms with Crippen LogP contribution in [0.2, 0.25) is 0 Å². The Morgan fingerprint density at radius 1 is 1.22 bits per heavy atom. The van der Waals surface area contributed by atoms with Crippen molar-refractivity contribution in [2.24, 2.45) is 0 Å². The molecule has 1 aromatic rings. The van der Waals surface area contributed by atoms with E-state index in [0.29, 0.717) is 0 Å². The highest BCUT2D eigenvalue weighted by Gasteiger charge is 2.06. The van der Waals surface area contributed by atoms with Gasteiger partial charge in [0, 0.05) is 18.3 Å². The minimum atomic E-state index is -1.05. The fourth-order valence-corrected chi connectivity index (χ4v) is 1.18. The van der Waals surface area contributed by atoms with Crippen LogP contribution in [-0.2, 0) is 9.59 Å². The molecule has 0 bridgehead atoms. The maximum absolute atomic E-state index is 12.8. The average Bonchev–Trinajstić information content (AvgIpc) is 2.29. The second kappa shape index (κ2) is 6.65. The number of carbonyl (C=O) groups excluding carboxylic acids is 1. The van der Waals surface area contributed by atoms with E-state index < -0.39 is 23.5 Å². The van der Waals surface area contributed by atoms with Crippen LogP contribution in [0, 0.1) is 11.6 Å². The summed E-state index contributed by atoms with van der Waals surface area (Å²) in [6, 6.07) is 3.00. The van der Waals surface area contributed by atoms with Crippen molar-refractivity contribution in [1.29, 1.82) is 0 Å². The number of hydrogen-bond donors (Lipinski definition) is 3. The molecular formula is C11H12F2N2O3. The molecule has 18 heavy (non-hydrogen) atoms. The van der Waals surface area contributed by atoms with E-state index in [1.54, 1.807) is 0 Å². The number of nitrogens with one attached hydrogen (secondary N) is 2. The fourth-order valence-electron chi connectivity index (χ4n) is 1.18. The van der Waals surface area contributed by atoms with Gasteiger partial charge in [0.05, 0.1) is 13.0 Å².